The third-order valence-corrected chi connectivity index (χ3v) is 16.5. The first-order valence-corrected chi connectivity index (χ1v) is 40.7. The average Bonchev–Trinajstić information content (AvgIpc) is 0.909. The number of hydrogen-bond donors (Lipinski definition) is 3. The summed E-state index contributed by atoms with van der Waals surface area (Å²) in [7, 11) is -10.0. The number of unbranched alkanes of at least 4 members (excludes halogenated alkanes) is 12. The molecule has 0 spiro atoms. The highest BCUT2D eigenvalue weighted by Crippen LogP contribution is 2.45. The molecule has 0 saturated heterocycles. The van der Waals surface area contributed by atoms with Crippen LogP contribution in [0.2, 0.25) is 0 Å². The van der Waals surface area contributed by atoms with Crippen molar-refractivity contribution in [1.29, 1.82) is 0 Å². The summed E-state index contributed by atoms with van der Waals surface area (Å²) in [6, 6.07) is 0. The Morgan fingerprint density at radius 1 is 0.294 bits per heavy atom. The molecule has 3 N–H and O–H groups in total. The highest BCUT2D eigenvalue weighted by molar-refractivity contribution is 7.47. The van der Waals surface area contributed by atoms with Crippen molar-refractivity contribution < 1.29 is 80.2 Å². The van der Waals surface area contributed by atoms with Crippen molar-refractivity contribution in [2.75, 3.05) is 39.6 Å². The summed E-state index contributed by atoms with van der Waals surface area (Å²) in [6.45, 7) is 4.15. The molecule has 19 heteroatoms. The molecule has 5 atom stereocenters. The molecule has 0 aromatic rings. The van der Waals surface area contributed by atoms with Gasteiger partial charge in [-0.2, -0.15) is 0 Å². The second kappa shape index (κ2) is 73.2. The van der Waals surface area contributed by atoms with Crippen LogP contribution in [-0.2, 0) is 65.4 Å². The van der Waals surface area contributed by atoms with E-state index in [1.807, 2.05) is 30.4 Å². The molecule has 0 aliphatic rings. The molecule has 0 aromatic heterocycles. The quantitative estimate of drug-likeness (QED) is 0.0169. The first kappa shape index (κ1) is 95.9. The molecule has 0 radical (unpaired) electrons. The number of aliphatic hydroxyl groups is 1. The molecular weight excluding hydrogens is 1330 g/mol. The molecule has 0 saturated carbocycles. The van der Waals surface area contributed by atoms with Crippen LogP contribution in [-0.4, -0.2) is 96.7 Å². The van der Waals surface area contributed by atoms with Crippen molar-refractivity contribution >= 4 is 39.5 Å². The molecular formula is C83H130O17P2. The first-order valence-electron chi connectivity index (χ1n) is 37.7. The van der Waals surface area contributed by atoms with Gasteiger partial charge in [0.1, 0.15) is 19.3 Å². The molecule has 102 heavy (non-hydrogen) atoms. The highest BCUT2D eigenvalue weighted by atomic mass is 31.2. The predicted molar refractivity (Wildman–Crippen MR) is 417 cm³/mol. The van der Waals surface area contributed by atoms with E-state index in [-0.39, 0.29) is 25.7 Å². The highest BCUT2D eigenvalue weighted by Gasteiger charge is 2.30. The number of phosphoric ester groups is 2. The van der Waals surface area contributed by atoms with Gasteiger partial charge in [-0.1, -0.05) is 273 Å². The second-order valence-electron chi connectivity index (χ2n) is 24.1. The zero-order chi connectivity index (χ0) is 74.6. The van der Waals surface area contributed by atoms with Crippen LogP contribution in [0, 0.1) is 0 Å². The SMILES string of the molecule is CC/C=C\C/C=C\C/C=C\C/C=C\C/C=C\CC(=O)OCC(COP(=O)(O)OCC(O)COP(=O)(O)OCC(COC(=O)CCCCCCCC/C=C\C/C=C\C/C=C\C/C=C\CC)OC(=O)C/C=C\C/C=C\C/C=C\C/C=C\C/C=C\CC)OC(=O)CCCCCCC/C=C\C/C=C\CCC. The van der Waals surface area contributed by atoms with Crippen molar-refractivity contribution in [2.45, 2.75) is 264 Å². The van der Waals surface area contributed by atoms with Gasteiger partial charge in [0.25, 0.3) is 0 Å². The minimum atomic E-state index is -5.02. The standard InChI is InChI=1S/C83H130O17P2/c1-5-9-13-17-21-25-29-33-36-37-38-39-42-45-48-52-56-60-64-68-81(86)94-74-79(100-83(88)70-66-62-58-54-50-46-41-35-31-27-23-19-15-11-7-3)76-98-102(91,92)96-72-77(84)71-95-101(89,90)97-75-78(99-82(87)69-65-61-57-53-49-43-32-28-24-20-16-12-8-4)73-93-80(85)67-63-59-55-51-47-44-40-34-30-26-22-18-14-10-6-2/h9-11,13-16,20-23,25-28,32-36,38-41,47,50-51,54,59,62-63,66,77-79,84H,5-8,12,17-19,24,29-31,37,42-46,48-49,52-53,55-58,60-61,64-65,67-76H2,1-4H3,(H,89,90)(H,91,92)/b13-9-,14-10-,15-11-,20-16-,25-21-,26-22-,27-23-,32-28-,36-33-,39-38-,40-34-,41-35-,51-47-,54-50-,63-59-,66-62-. The lowest BCUT2D eigenvalue weighted by atomic mass is 10.1. The molecule has 0 heterocycles. The van der Waals surface area contributed by atoms with Crippen LogP contribution in [0.1, 0.15) is 246 Å². The first-order chi connectivity index (χ1) is 49.7. The largest absolute Gasteiger partial charge is 0.472 e. The summed E-state index contributed by atoms with van der Waals surface area (Å²) in [5.74, 6) is -2.53. The molecule has 5 unspecified atom stereocenters. The predicted octanol–water partition coefficient (Wildman–Crippen LogP) is 21.8. The summed E-state index contributed by atoms with van der Waals surface area (Å²) in [5, 5.41) is 10.6. The molecule has 0 aliphatic carbocycles. The van der Waals surface area contributed by atoms with E-state index in [1.54, 1.807) is 18.2 Å². The monoisotopic (exact) mass is 1460 g/mol. The van der Waals surface area contributed by atoms with Crippen LogP contribution in [0.5, 0.6) is 0 Å². The van der Waals surface area contributed by atoms with E-state index in [0.717, 1.165) is 167 Å². The smallest absolute Gasteiger partial charge is 0.462 e. The third-order valence-electron chi connectivity index (χ3n) is 14.6. The van der Waals surface area contributed by atoms with Crippen molar-refractivity contribution in [1.82, 2.24) is 0 Å². The summed E-state index contributed by atoms with van der Waals surface area (Å²) in [6.07, 6.45) is 89.2. The van der Waals surface area contributed by atoms with Gasteiger partial charge in [-0.3, -0.25) is 37.3 Å². The van der Waals surface area contributed by atoms with E-state index in [4.69, 9.17) is 37.0 Å². The maximum absolute atomic E-state index is 13.1. The van der Waals surface area contributed by atoms with Gasteiger partial charge in [0.15, 0.2) is 12.2 Å². The van der Waals surface area contributed by atoms with Crippen LogP contribution >= 0.6 is 15.6 Å². The molecule has 574 valence electrons. The molecule has 0 fully saturated rings. The van der Waals surface area contributed by atoms with Crippen molar-refractivity contribution in [2.24, 2.45) is 0 Å². The van der Waals surface area contributed by atoms with E-state index in [0.29, 0.717) is 25.7 Å². The number of carbonyl (C=O) groups is 4. The van der Waals surface area contributed by atoms with E-state index < -0.39 is 97.5 Å². The van der Waals surface area contributed by atoms with Crippen LogP contribution in [0.4, 0.5) is 0 Å². The molecule has 0 bridgehead atoms. The maximum Gasteiger partial charge on any atom is 0.472 e. The molecule has 0 aromatic carbocycles. The topological polar surface area (TPSA) is 237 Å². The lowest BCUT2D eigenvalue weighted by Crippen LogP contribution is -2.30. The number of esters is 4. The zero-order valence-corrected chi connectivity index (χ0v) is 64.2. The minimum absolute atomic E-state index is 0.0489. The van der Waals surface area contributed by atoms with Gasteiger partial charge in [-0.15, -0.1) is 0 Å². The van der Waals surface area contributed by atoms with Gasteiger partial charge >= 0.3 is 39.5 Å². The summed E-state index contributed by atoms with van der Waals surface area (Å²) < 4.78 is 68.1. The molecule has 0 amide bonds. The van der Waals surface area contributed by atoms with Gasteiger partial charge in [0, 0.05) is 12.8 Å². The summed E-state index contributed by atoms with van der Waals surface area (Å²) >= 11 is 0. The summed E-state index contributed by atoms with van der Waals surface area (Å²) in [5.41, 5.74) is 0. The number of aliphatic hydroxyl groups excluding tert-OH is 1. The Kier molecular flexibility index (Phi) is 68.8. The number of hydrogen-bond acceptors (Lipinski definition) is 15. The van der Waals surface area contributed by atoms with E-state index in [1.165, 1.54) is 0 Å². The second-order valence-corrected chi connectivity index (χ2v) is 27.0. The molecule has 0 rings (SSSR count). The Morgan fingerprint density at radius 3 is 0.912 bits per heavy atom. The average molecular weight is 1460 g/mol. The number of rotatable bonds is 68. The van der Waals surface area contributed by atoms with Crippen LogP contribution in [0.3, 0.4) is 0 Å². The zero-order valence-electron chi connectivity index (χ0n) is 62.4. The Labute approximate surface area is 615 Å². The van der Waals surface area contributed by atoms with E-state index in [2.05, 4.69) is 174 Å². The Hall–Kier alpha value is -6.10. The van der Waals surface area contributed by atoms with Gasteiger partial charge in [-0.05, 0) is 141 Å². The van der Waals surface area contributed by atoms with Crippen LogP contribution in [0.25, 0.3) is 0 Å². The Morgan fingerprint density at radius 2 is 0.559 bits per heavy atom. The fraction of sp³-hybridized carbons (Fsp3) is 0.566. The van der Waals surface area contributed by atoms with Gasteiger partial charge < -0.3 is 33.8 Å². The summed E-state index contributed by atoms with van der Waals surface area (Å²) in [4.78, 5) is 72.7. The lowest BCUT2D eigenvalue weighted by Gasteiger charge is -2.21. The van der Waals surface area contributed by atoms with E-state index >= 15 is 0 Å². The Bertz CT molecular complexity index is 2700. The van der Waals surface area contributed by atoms with Crippen molar-refractivity contribution in [3.05, 3.63) is 194 Å². The number of carbonyl (C=O) groups excluding carboxylic acids is 4. The van der Waals surface area contributed by atoms with Gasteiger partial charge in [0.2, 0.25) is 0 Å². The minimum Gasteiger partial charge on any atom is -0.462 e. The number of ether oxygens (including phenoxy) is 4. The molecule has 17 nitrogen and oxygen atoms in total. The normalized spacial score (nSPS) is 15.0. The fourth-order valence-electron chi connectivity index (χ4n) is 8.98. The van der Waals surface area contributed by atoms with Crippen LogP contribution < -0.4 is 0 Å². The van der Waals surface area contributed by atoms with Gasteiger partial charge in [0.05, 0.1) is 39.3 Å². The number of allylic oxidation sites excluding steroid dienone is 30. The van der Waals surface area contributed by atoms with Crippen molar-refractivity contribution in [3.8, 4) is 0 Å². The third kappa shape index (κ3) is 72.3. The molecule has 0 aliphatic heterocycles. The number of phosphoric acid groups is 2. The van der Waals surface area contributed by atoms with E-state index in [9.17, 15) is 43.2 Å². The van der Waals surface area contributed by atoms with Crippen molar-refractivity contribution in [3.63, 3.8) is 0 Å². The van der Waals surface area contributed by atoms with Crippen LogP contribution in [0.15, 0.2) is 194 Å². The Balaban J connectivity index is 5.52. The maximum atomic E-state index is 13.1. The lowest BCUT2D eigenvalue weighted by molar-refractivity contribution is -0.160. The van der Waals surface area contributed by atoms with Gasteiger partial charge in [-0.25, -0.2) is 9.13 Å². The fourth-order valence-corrected chi connectivity index (χ4v) is 10.6.